The lowest BCUT2D eigenvalue weighted by molar-refractivity contribution is -0.299. The van der Waals surface area contributed by atoms with E-state index in [0.717, 1.165) is 6.26 Å². The molecule has 0 saturated heterocycles. The van der Waals surface area contributed by atoms with Gasteiger partial charge in [0.05, 0.1) is 5.39 Å². The molecule has 2 aromatic rings. The smallest absolute Gasteiger partial charge is 0.271 e. The highest BCUT2D eigenvalue weighted by Crippen LogP contribution is 2.12. The maximum Gasteiger partial charge on any atom is 0.271 e. The first-order valence-corrected chi connectivity index (χ1v) is 4.62. The van der Waals surface area contributed by atoms with Gasteiger partial charge < -0.3 is 19.6 Å². The summed E-state index contributed by atoms with van der Waals surface area (Å²) in [5.41, 5.74) is -0.400. The van der Waals surface area contributed by atoms with Crippen LogP contribution in [0.25, 0.3) is 11.0 Å². The number of carboxylic acid groups (broad SMARTS) is 1. The fourth-order valence-corrected chi connectivity index (χ4v) is 1.34. The van der Waals surface area contributed by atoms with Gasteiger partial charge in [0.25, 0.3) is 5.91 Å². The maximum absolute atomic E-state index is 11.8. The number of aliphatic carboxylic acids is 1. The second-order valence-corrected chi connectivity index (χ2v) is 3.22. The molecule has 0 aliphatic rings. The molecule has 1 N–H and O–H groups in total. The van der Waals surface area contributed by atoms with E-state index >= 15 is 0 Å². The Balaban J connectivity index is 2.50. The Morgan fingerprint density at radius 3 is 2.65 bits per heavy atom. The number of benzene rings is 1. The zero-order valence-corrected chi connectivity index (χ0v) is 8.43. The van der Waals surface area contributed by atoms with Crippen molar-refractivity contribution in [3.05, 3.63) is 40.8 Å². The summed E-state index contributed by atoms with van der Waals surface area (Å²) < 4.78 is 5.08. The van der Waals surface area contributed by atoms with Crippen molar-refractivity contribution in [2.45, 2.75) is 0 Å². The number of anilines is 1. The number of hydrogen-bond donors (Lipinski definition) is 1. The number of amides is 1. The molecular weight excluding hydrogens is 226 g/mol. The van der Waals surface area contributed by atoms with Gasteiger partial charge in [-0.1, -0.05) is 12.1 Å². The molecule has 0 aliphatic carbocycles. The first kappa shape index (κ1) is 10.9. The Hall–Kier alpha value is -2.63. The van der Waals surface area contributed by atoms with Crippen molar-refractivity contribution in [1.29, 1.82) is 0 Å². The van der Waals surface area contributed by atoms with Crippen LogP contribution < -0.4 is 15.9 Å². The van der Waals surface area contributed by atoms with Crippen LogP contribution in [0, 0.1) is 0 Å². The van der Waals surface area contributed by atoms with Crippen molar-refractivity contribution < 1.29 is 19.1 Å². The van der Waals surface area contributed by atoms with Gasteiger partial charge >= 0.3 is 0 Å². The average Bonchev–Trinajstić information content (AvgIpc) is 2.33. The highest BCUT2D eigenvalue weighted by Gasteiger charge is 2.09. The lowest BCUT2D eigenvalue weighted by Crippen LogP contribution is -2.37. The molecule has 0 bridgehead atoms. The molecule has 0 atom stereocenters. The topological polar surface area (TPSA) is 99.4 Å². The number of para-hydroxylation sites is 1. The van der Waals surface area contributed by atoms with Gasteiger partial charge in [0.1, 0.15) is 23.5 Å². The predicted molar refractivity (Wildman–Crippen MR) is 56.1 cm³/mol. The predicted octanol–water partition coefficient (Wildman–Crippen LogP) is -0.519. The van der Waals surface area contributed by atoms with E-state index in [0.29, 0.717) is 5.58 Å². The molecule has 0 radical (unpaired) electrons. The quantitative estimate of drug-likeness (QED) is 0.667. The molecule has 0 spiro atoms. The van der Waals surface area contributed by atoms with Gasteiger partial charge in [0.2, 0.25) is 5.43 Å². The third kappa shape index (κ3) is 2.00. The highest BCUT2D eigenvalue weighted by molar-refractivity contribution is 6.35. The lowest BCUT2D eigenvalue weighted by atomic mass is 10.2. The van der Waals surface area contributed by atoms with Gasteiger partial charge in [-0.2, -0.15) is 0 Å². The number of nitrogens with one attached hydrogen (secondary N) is 1. The van der Waals surface area contributed by atoms with E-state index in [2.05, 4.69) is 0 Å². The monoisotopic (exact) mass is 232 g/mol. The zero-order valence-electron chi connectivity index (χ0n) is 8.43. The average molecular weight is 232 g/mol. The fourth-order valence-electron chi connectivity index (χ4n) is 1.34. The van der Waals surface area contributed by atoms with E-state index in [1.165, 1.54) is 6.07 Å². The molecule has 1 amide bonds. The molecule has 0 unspecified atom stereocenters. The van der Waals surface area contributed by atoms with E-state index < -0.39 is 17.3 Å². The molecule has 6 heteroatoms. The Bertz CT molecular complexity index is 658. The summed E-state index contributed by atoms with van der Waals surface area (Å²) in [6.07, 6.45) is 0.992. The molecule has 17 heavy (non-hydrogen) atoms. The largest absolute Gasteiger partial charge is 0.540 e. The van der Waals surface area contributed by atoms with Gasteiger partial charge in [-0.25, -0.2) is 0 Å². The third-order valence-corrected chi connectivity index (χ3v) is 2.11. The van der Waals surface area contributed by atoms with Crippen LogP contribution in [0.3, 0.4) is 0 Å². The summed E-state index contributed by atoms with van der Waals surface area (Å²) in [6.45, 7) is 0. The first-order chi connectivity index (χ1) is 8.09. The van der Waals surface area contributed by atoms with Crippen LogP contribution in [0.5, 0.6) is 0 Å². The van der Waals surface area contributed by atoms with Crippen molar-refractivity contribution in [2.75, 3.05) is 5.32 Å². The normalized spacial score (nSPS) is 10.1. The van der Waals surface area contributed by atoms with Crippen molar-refractivity contribution >= 4 is 28.5 Å². The standard InChI is InChI=1S/C11H7NO5/c13-9-6-3-1-2-4-8(6)17-5-7(9)12-10(14)11(15)16/h1-5H,(H,12,14)(H,15,16)/p-1. The van der Waals surface area contributed by atoms with Gasteiger partial charge in [-0.3, -0.25) is 9.59 Å². The molecule has 2 rings (SSSR count). The molecule has 86 valence electrons. The van der Waals surface area contributed by atoms with Crippen molar-refractivity contribution in [1.82, 2.24) is 0 Å². The number of fused-ring (bicyclic) bond motifs is 1. The molecule has 1 aromatic carbocycles. The van der Waals surface area contributed by atoms with Crippen LogP contribution >= 0.6 is 0 Å². The number of carboxylic acids is 1. The lowest BCUT2D eigenvalue weighted by Gasteiger charge is -2.04. The van der Waals surface area contributed by atoms with E-state index in [-0.39, 0.29) is 11.1 Å². The van der Waals surface area contributed by atoms with E-state index in [1.807, 2.05) is 5.32 Å². The van der Waals surface area contributed by atoms with E-state index in [9.17, 15) is 19.5 Å². The zero-order chi connectivity index (χ0) is 12.4. The van der Waals surface area contributed by atoms with E-state index in [1.54, 1.807) is 18.2 Å². The molecule has 0 aliphatic heterocycles. The molecule has 0 saturated carbocycles. The van der Waals surface area contributed by atoms with Crippen LogP contribution in [-0.4, -0.2) is 11.9 Å². The Labute approximate surface area is 94.5 Å². The van der Waals surface area contributed by atoms with Crippen LogP contribution in [0.4, 0.5) is 5.69 Å². The van der Waals surface area contributed by atoms with Gasteiger partial charge in [-0.15, -0.1) is 0 Å². The number of carbonyl (C=O) groups is 2. The van der Waals surface area contributed by atoms with Gasteiger partial charge in [-0.05, 0) is 12.1 Å². The maximum atomic E-state index is 11.8. The van der Waals surface area contributed by atoms with Crippen LogP contribution in [-0.2, 0) is 9.59 Å². The summed E-state index contributed by atoms with van der Waals surface area (Å²) in [4.78, 5) is 32.9. The summed E-state index contributed by atoms with van der Waals surface area (Å²) in [5.74, 6) is -3.31. The molecular formula is C11H6NO5-. The molecule has 6 nitrogen and oxygen atoms in total. The second-order valence-electron chi connectivity index (χ2n) is 3.22. The minimum absolute atomic E-state index is 0.238. The number of rotatable bonds is 1. The first-order valence-electron chi connectivity index (χ1n) is 4.62. The second kappa shape index (κ2) is 4.09. The summed E-state index contributed by atoms with van der Waals surface area (Å²) in [5, 5.41) is 12.4. The van der Waals surface area contributed by atoms with Crippen molar-refractivity contribution in [3.8, 4) is 0 Å². The van der Waals surface area contributed by atoms with Crippen molar-refractivity contribution in [2.24, 2.45) is 0 Å². The third-order valence-electron chi connectivity index (χ3n) is 2.11. The van der Waals surface area contributed by atoms with Gasteiger partial charge in [0.15, 0.2) is 0 Å². The minimum atomic E-state index is -1.92. The molecule has 0 fully saturated rings. The molecule has 1 heterocycles. The summed E-state index contributed by atoms with van der Waals surface area (Å²) >= 11 is 0. The Morgan fingerprint density at radius 1 is 1.24 bits per heavy atom. The fraction of sp³-hybridized carbons (Fsp3) is 0. The number of carbonyl (C=O) groups excluding carboxylic acids is 2. The van der Waals surface area contributed by atoms with Crippen LogP contribution in [0.1, 0.15) is 0 Å². The number of hydrogen-bond acceptors (Lipinski definition) is 5. The molecule has 1 aromatic heterocycles. The van der Waals surface area contributed by atoms with Crippen LogP contribution in [0.2, 0.25) is 0 Å². The Kier molecular flexibility index (Phi) is 2.61. The van der Waals surface area contributed by atoms with Crippen molar-refractivity contribution in [3.63, 3.8) is 0 Å². The minimum Gasteiger partial charge on any atom is -0.540 e. The summed E-state index contributed by atoms with van der Waals surface area (Å²) in [6, 6.07) is 6.41. The SMILES string of the molecule is O=C([O-])C(=O)Nc1coc2ccccc2c1=O. The van der Waals surface area contributed by atoms with E-state index in [4.69, 9.17) is 4.42 Å². The van der Waals surface area contributed by atoms with Crippen LogP contribution in [0.15, 0.2) is 39.7 Å². The Morgan fingerprint density at radius 2 is 1.94 bits per heavy atom. The highest BCUT2D eigenvalue weighted by atomic mass is 16.4. The van der Waals surface area contributed by atoms with Gasteiger partial charge in [0, 0.05) is 0 Å². The summed E-state index contributed by atoms with van der Waals surface area (Å²) in [7, 11) is 0.